The zero-order chi connectivity index (χ0) is 25.8. The number of carbonyl (C=O) groups excluding carboxylic acids is 1. The molecule has 190 valence electrons. The van der Waals surface area contributed by atoms with Gasteiger partial charge in [-0.1, -0.05) is 42.5 Å². The van der Waals surface area contributed by atoms with Crippen molar-refractivity contribution in [3.8, 4) is 5.75 Å². The number of hydrogen-bond acceptors (Lipinski definition) is 5. The Morgan fingerprint density at radius 3 is 2.41 bits per heavy atom. The maximum absolute atomic E-state index is 12.7. The Kier molecular flexibility index (Phi) is 7.23. The van der Waals surface area contributed by atoms with Gasteiger partial charge in [-0.25, -0.2) is 9.59 Å². The first-order valence-corrected chi connectivity index (χ1v) is 12.6. The van der Waals surface area contributed by atoms with Gasteiger partial charge >= 0.3 is 11.7 Å². The van der Waals surface area contributed by atoms with E-state index in [2.05, 4.69) is 34.7 Å². The third-order valence-electron chi connectivity index (χ3n) is 6.77. The van der Waals surface area contributed by atoms with Crippen molar-refractivity contribution in [2.24, 2.45) is 0 Å². The van der Waals surface area contributed by atoms with Crippen LogP contribution in [0.5, 0.6) is 5.75 Å². The van der Waals surface area contributed by atoms with Gasteiger partial charge in [-0.15, -0.1) is 0 Å². The second-order valence-corrected chi connectivity index (χ2v) is 9.61. The first kappa shape index (κ1) is 24.6. The minimum absolute atomic E-state index is 0.0779. The van der Waals surface area contributed by atoms with Gasteiger partial charge < -0.3 is 24.7 Å². The maximum Gasteiger partial charge on any atom is 0.360 e. The van der Waals surface area contributed by atoms with Crippen molar-refractivity contribution in [1.29, 1.82) is 0 Å². The summed E-state index contributed by atoms with van der Waals surface area (Å²) in [5, 5.41) is 6.10. The predicted molar refractivity (Wildman–Crippen MR) is 147 cm³/mol. The zero-order valence-corrected chi connectivity index (χ0v) is 21.1. The first-order chi connectivity index (χ1) is 17.9. The summed E-state index contributed by atoms with van der Waals surface area (Å²) < 4.78 is 11.8. The Morgan fingerprint density at radius 2 is 1.68 bits per heavy atom. The van der Waals surface area contributed by atoms with E-state index in [-0.39, 0.29) is 11.8 Å². The molecule has 5 rings (SSSR count). The fourth-order valence-corrected chi connectivity index (χ4v) is 4.63. The quantitative estimate of drug-likeness (QED) is 0.329. The van der Waals surface area contributed by atoms with E-state index in [0.717, 1.165) is 49.2 Å². The zero-order valence-electron chi connectivity index (χ0n) is 21.1. The molecule has 0 atom stereocenters. The molecular formula is C30H31N3O4. The molecule has 0 bridgehead atoms. The first-order valence-electron chi connectivity index (χ1n) is 12.6. The molecule has 2 N–H and O–H groups in total. The van der Waals surface area contributed by atoms with Gasteiger partial charge in [-0.3, -0.25) is 0 Å². The highest BCUT2D eigenvalue weighted by molar-refractivity contribution is 6.00. The number of ether oxygens (including phenoxy) is 1. The van der Waals surface area contributed by atoms with E-state index in [4.69, 9.17) is 9.15 Å². The van der Waals surface area contributed by atoms with E-state index in [0.29, 0.717) is 16.7 Å². The third kappa shape index (κ3) is 6.01. The van der Waals surface area contributed by atoms with Crippen LogP contribution in [0.15, 0.2) is 82.0 Å². The normalized spacial score (nSPS) is 14.4. The average Bonchev–Trinajstić information content (AvgIpc) is 2.90. The van der Waals surface area contributed by atoms with Crippen LogP contribution in [-0.2, 0) is 6.42 Å². The van der Waals surface area contributed by atoms with Crippen LogP contribution < -0.4 is 21.0 Å². The van der Waals surface area contributed by atoms with E-state index >= 15 is 0 Å². The number of hydrogen-bond donors (Lipinski definition) is 2. The van der Waals surface area contributed by atoms with E-state index in [1.165, 1.54) is 5.56 Å². The molecule has 7 heteroatoms. The highest BCUT2D eigenvalue weighted by Crippen LogP contribution is 2.30. The summed E-state index contributed by atoms with van der Waals surface area (Å²) in [6.07, 6.45) is 2.89. The topological polar surface area (TPSA) is 83.8 Å². The number of rotatable bonds is 6. The van der Waals surface area contributed by atoms with Crippen LogP contribution in [0.25, 0.3) is 11.0 Å². The number of fused-ring (bicyclic) bond motifs is 1. The van der Waals surface area contributed by atoms with Crippen LogP contribution in [0.4, 0.5) is 16.2 Å². The van der Waals surface area contributed by atoms with E-state index in [1.807, 2.05) is 61.5 Å². The molecule has 7 nitrogen and oxygen atoms in total. The van der Waals surface area contributed by atoms with Gasteiger partial charge in [0.2, 0.25) is 0 Å². The van der Waals surface area contributed by atoms with Crippen LogP contribution in [0.1, 0.15) is 29.5 Å². The molecule has 1 saturated heterocycles. The molecule has 3 aromatic carbocycles. The van der Waals surface area contributed by atoms with Crippen molar-refractivity contribution < 1.29 is 13.9 Å². The highest BCUT2D eigenvalue weighted by atomic mass is 16.5. The molecule has 1 aromatic heterocycles. The number of amides is 2. The number of urea groups is 1. The molecule has 2 heterocycles. The molecule has 1 fully saturated rings. The summed E-state index contributed by atoms with van der Waals surface area (Å²) in [4.78, 5) is 27.5. The number of likely N-dealkylation sites (tertiary alicyclic amines) is 1. The van der Waals surface area contributed by atoms with E-state index < -0.39 is 11.7 Å². The van der Waals surface area contributed by atoms with Gasteiger partial charge in [-0.05, 0) is 74.7 Å². The minimum Gasteiger partial charge on any atom is -0.490 e. The van der Waals surface area contributed by atoms with Crippen LogP contribution in [0, 0.1) is 6.92 Å². The molecular weight excluding hydrogens is 466 g/mol. The Morgan fingerprint density at radius 1 is 0.973 bits per heavy atom. The monoisotopic (exact) mass is 497 g/mol. The number of piperidine rings is 1. The molecule has 1 aliphatic rings. The molecule has 37 heavy (non-hydrogen) atoms. The molecule has 0 saturated carbocycles. The Balaban J connectivity index is 1.24. The standard InChI is InChI=1S/C30H31N3O4/c1-20-27(36-25-14-16-33(2)17-15-25)13-10-23-19-26(29(34)37-28(20)23)32-30(35)31-24-11-8-22(9-12-24)18-21-6-4-3-5-7-21/h3-13,19,25H,14-18H2,1-2H3,(H2,31,32,35). The summed E-state index contributed by atoms with van der Waals surface area (Å²) >= 11 is 0. The lowest BCUT2D eigenvalue weighted by atomic mass is 10.0. The largest absolute Gasteiger partial charge is 0.490 e. The molecule has 0 unspecified atom stereocenters. The number of aryl methyl sites for hydroxylation is 1. The van der Waals surface area contributed by atoms with Crippen LogP contribution in [-0.4, -0.2) is 37.2 Å². The lowest BCUT2D eigenvalue weighted by Gasteiger charge is -2.29. The summed E-state index contributed by atoms with van der Waals surface area (Å²) in [5.41, 5.74) is 3.71. The Bertz CT molecular complexity index is 1440. The smallest absolute Gasteiger partial charge is 0.360 e. The van der Waals surface area contributed by atoms with Crippen molar-refractivity contribution >= 4 is 28.4 Å². The Labute approximate surface area is 216 Å². The van der Waals surface area contributed by atoms with Crippen molar-refractivity contribution in [1.82, 2.24) is 4.90 Å². The third-order valence-corrected chi connectivity index (χ3v) is 6.77. The second kappa shape index (κ2) is 10.9. The van der Waals surface area contributed by atoms with Gasteiger partial charge in [0.15, 0.2) is 0 Å². The Hall–Kier alpha value is -4.10. The van der Waals surface area contributed by atoms with Crippen LogP contribution in [0.3, 0.4) is 0 Å². The fourth-order valence-electron chi connectivity index (χ4n) is 4.63. The van der Waals surface area contributed by atoms with Crippen molar-refractivity contribution in [3.63, 3.8) is 0 Å². The number of nitrogens with zero attached hydrogens (tertiary/aromatic N) is 1. The summed E-state index contributed by atoms with van der Waals surface area (Å²) in [6, 6.07) is 22.7. The number of carbonyl (C=O) groups is 1. The summed E-state index contributed by atoms with van der Waals surface area (Å²) in [5.74, 6) is 0.722. The molecule has 2 amide bonds. The lowest BCUT2D eigenvalue weighted by molar-refractivity contribution is 0.113. The molecule has 1 aliphatic heterocycles. The predicted octanol–water partition coefficient (Wildman–Crippen LogP) is 5.81. The molecule has 0 aliphatic carbocycles. The number of anilines is 2. The summed E-state index contributed by atoms with van der Waals surface area (Å²) in [7, 11) is 2.11. The van der Waals surface area contributed by atoms with E-state index in [9.17, 15) is 9.59 Å². The van der Waals surface area contributed by atoms with Crippen molar-refractivity contribution in [2.45, 2.75) is 32.3 Å². The van der Waals surface area contributed by atoms with Crippen LogP contribution >= 0.6 is 0 Å². The fraction of sp³-hybridized carbons (Fsp3) is 0.267. The van der Waals surface area contributed by atoms with Gasteiger partial charge in [-0.2, -0.15) is 0 Å². The summed E-state index contributed by atoms with van der Waals surface area (Å²) in [6.45, 7) is 3.89. The highest BCUT2D eigenvalue weighted by Gasteiger charge is 2.20. The average molecular weight is 498 g/mol. The van der Waals surface area contributed by atoms with Gasteiger partial charge in [0.25, 0.3) is 0 Å². The van der Waals surface area contributed by atoms with Gasteiger partial charge in [0, 0.05) is 29.7 Å². The van der Waals surface area contributed by atoms with E-state index in [1.54, 1.807) is 6.07 Å². The van der Waals surface area contributed by atoms with Crippen molar-refractivity contribution in [2.75, 3.05) is 30.8 Å². The SMILES string of the molecule is Cc1c(OC2CCN(C)CC2)ccc2cc(NC(=O)Nc3ccc(Cc4ccccc4)cc3)c(=O)oc12. The van der Waals surface area contributed by atoms with Crippen LogP contribution in [0.2, 0.25) is 0 Å². The van der Waals surface area contributed by atoms with Gasteiger partial charge in [0.1, 0.15) is 23.1 Å². The molecule has 4 aromatic rings. The van der Waals surface area contributed by atoms with Crippen molar-refractivity contribution in [3.05, 3.63) is 99.9 Å². The lowest BCUT2D eigenvalue weighted by Crippen LogP contribution is -2.35. The number of nitrogens with one attached hydrogen (secondary N) is 2. The minimum atomic E-state index is -0.611. The maximum atomic E-state index is 12.7. The van der Waals surface area contributed by atoms with Gasteiger partial charge in [0.05, 0.1) is 0 Å². The molecule has 0 radical (unpaired) electrons. The molecule has 0 spiro atoms. The number of benzene rings is 3. The second-order valence-electron chi connectivity index (χ2n) is 9.61.